The Bertz CT molecular complexity index is 1060. The third kappa shape index (κ3) is 4.00. The molecule has 0 saturated heterocycles. The molecule has 1 nitrogen and oxygen atoms in total. The normalized spacial score (nSPS) is 33.4. The highest BCUT2D eigenvalue weighted by molar-refractivity contribution is 9.11. The molecule has 0 bridgehead atoms. The van der Waals surface area contributed by atoms with Crippen LogP contribution in [0.15, 0.2) is 85.0 Å². The Balaban J connectivity index is 1.82. The second-order valence-corrected chi connectivity index (χ2v) is 14.2. The minimum atomic E-state index is -5.30. The van der Waals surface area contributed by atoms with E-state index in [0.29, 0.717) is 23.3 Å². The molecule has 2 heterocycles. The van der Waals surface area contributed by atoms with Gasteiger partial charge in [0, 0.05) is 0 Å². The van der Waals surface area contributed by atoms with Gasteiger partial charge in [0.15, 0.2) is 15.3 Å². The Morgan fingerprint density at radius 3 is 1.24 bits per heavy atom. The molecule has 2 aromatic carbocycles. The first kappa shape index (κ1) is 25.9. The second-order valence-electron chi connectivity index (χ2n) is 7.69. The topological polar surface area (TPSA) is 17.1 Å². The van der Waals surface area contributed by atoms with Crippen LogP contribution in [0.25, 0.3) is 0 Å². The third-order valence-corrected chi connectivity index (χ3v) is 11.0. The predicted molar refractivity (Wildman–Crippen MR) is 130 cm³/mol. The van der Waals surface area contributed by atoms with Crippen LogP contribution in [0.3, 0.4) is 0 Å². The molecule has 180 valence electrons. The van der Waals surface area contributed by atoms with Crippen molar-refractivity contribution >= 4 is 61.2 Å². The number of hydrogen-bond acceptors (Lipinski definition) is 3. The molecule has 0 N–H and O–H groups in total. The van der Waals surface area contributed by atoms with Gasteiger partial charge in [0.2, 0.25) is 0 Å². The Morgan fingerprint density at radius 2 is 0.941 bits per heavy atom. The molecule has 4 rings (SSSR count). The number of halogens is 8. The standard InChI is InChI=1S/C23H14Br2F6OS2/c24-20(15-7-3-1-4-8-15)13-11-18(33-20,22(26,27)28)17(32)19(23(29,30)31)12-14-21(25,34-19)16-9-5-2-6-10-16/h1-14H. The largest absolute Gasteiger partial charge is 0.413 e. The van der Waals surface area contributed by atoms with Crippen molar-refractivity contribution in [1.82, 2.24) is 0 Å². The molecule has 0 aliphatic carbocycles. The van der Waals surface area contributed by atoms with Gasteiger partial charge in [-0.3, -0.25) is 4.79 Å². The van der Waals surface area contributed by atoms with E-state index >= 15 is 0 Å². The van der Waals surface area contributed by atoms with Crippen molar-refractivity contribution in [1.29, 1.82) is 0 Å². The average molecular weight is 644 g/mol. The predicted octanol–water partition coefficient (Wildman–Crippen LogP) is 8.26. The molecule has 0 radical (unpaired) electrons. The zero-order valence-corrected chi connectivity index (χ0v) is 21.6. The van der Waals surface area contributed by atoms with Crippen LogP contribution in [0, 0.1) is 0 Å². The van der Waals surface area contributed by atoms with Gasteiger partial charge in [0.1, 0.15) is 7.31 Å². The van der Waals surface area contributed by atoms with Gasteiger partial charge < -0.3 is 0 Å². The molecule has 0 amide bonds. The van der Waals surface area contributed by atoms with E-state index in [0.717, 1.165) is 12.2 Å². The summed E-state index contributed by atoms with van der Waals surface area (Å²) >= 11 is 6.66. The summed E-state index contributed by atoms with van der Waals surface area (Å²) in [5, 5.41) is 0. The van der Waals surface area contributed by atoms with Gasteiger partial charge in [0.25, 0.3) is 0 Å². The SMILES string of the molecule is O=C(C1(C(F)(F)F)C=CC(Br)(c2ccccc2)S1)C1(C(F)(F)F)C=CC(Br)(c2ccccc2)S1. The van der Waals surface area contributed by atoms with Crippen molar-refractivity contribution in [2.45, 2.75) is 29.2 Å². The summed E-state index contributed by atoms with van der Waals surface area (Å²) in [6.07, 6.45) is -7.34. The van der Waals surface area contributed by atoms with Crippen molar-refractivity contribution in [3.63, 3.8) is 0 Å². The summed E-state index contributed by atoms with van der Waals surface area (Å²) in [6, 6.07) is 15.8. The maximum atomic E-state index is 14.5. The Labute approximate surface area is 216 Å². The lowest BCUT2D eigenvalue weighted by molar-refractivity contribution is -0.181. The smallest absolute Gasteiger partial charge is 0.295 e. The molecule has 2 aliphatic heterocycles. The lowest BCUT2D eigenvalue weighted by atomic mass is 9.88. The van der Waals surface area contributed by atoms with E-state index in [-0.39, 0.29) is 23.5 Å². The molecule has 4 atom stereocenters. The third-order valence-electron chi connectivity index (χ3n) is 5.54. The second kappa shape index (κ2) is 8.45. The summed E-state index contributed by atoms with van der Waals surface area (Å²) in [5.41, 5.74) is 0.731. The summed E-state index contributed by atoms with van der Waals surface area (Å²) in [4.78, 5) is 13.6. The molecule has 34 heavy (non-hydrogen) atoms. The highest BCUT2D eigenvalue weighted by atomic mass is 79.9. The van der Waals surface area contributed by atoms with E-state index in [9.17, 15) is 31.1 Å². The minimum absolute atomic E-state index is 0.0945. The number of Topliss-reactive ketones (excluding diaryl/α,β-unsaturated/α-hetero) is 1. The van der Waals surface area contributed by atoms with Gasteiger partial charge in [-0.2, -0.15) is 26.3 Å². The fourth-order valence-corrected chi connectivity index (χ4v) is 8.89. The van der Waals surface area contributed by atoms with E-state index in [2.05, 4.69) is 31.9 Å². The van der Waals surface area contributed by atoms with Crippen LogP contribution in [0.5, 0.6) is 0 Å². The molecule has 2 aromatic rings. The van der Waals surface area contributed by atoms with Crippen molar-refractivity contribution in [2.24, 2.45) is 0 Å². The summed E-state index contributed by atoms with van der Waals surface area (Å²) in [5.74, 6) is -2.00. The summed E-state index contributed by atoms with van der Waals surface area (Å²) in [7, 11) is 0. The van der Waals surface area contributed by atoms with Crippen LogP contribution < -0.4 is 0 Å². The van der Waals surface area contributed by atoms with E-state index in [1.54, 1.807) is 36.4 Å². The van der Waals surface area contributed by atoms with E-state index in [1.165, 1.54) is 24.3 Å². The lowest BCUT2D eigenvalue weighted by Gasteiger charge is -2.40. The van der Waals surface area contributed by atoms with Crippen molar-refractivity contribution in [3.05, 3.63) is 96.1 Å². The first-order chi connectivity index (χ1) is 15.7. The quantitative estimate of drug-likeness (QED) is 0.190. The van der Waals surface area contributed by atoms with Crippen molar-refractivity contribution in [2.75, 3.05) is 0 Å². The Kier molecular flexibility index (Phi) is 6.44. The highest BCUT2D eigenvalue weighted by Crippen LogP contribution is 2.67. The molecule has 11 heteroatoms. The number of carbonyl (C=O) groups excluding carboxylic acids is 1. The molecule has 0 saturated carbocycles. The first-order valence-electron chi connectivity index (χ1n) is 9.68. The summed E-state index contributed by atoms with van der Waals surface area (Å²) in [6.45, 7) is 0. The molecule has 0 fully saturated rings. The lowest BCUT2D eigenvalue weighted by Crippen LogP contribution is -2.60. The number of ketones is 1. The fraction of sp³-hybridized carbons (Fsp3) is 0.261. The average Bonchev–Trinajstić information content (AvgIpc) is 3.35. The monoisotopic (exact) mass is 642 g/mol. The summed E-state index contributed by atoms with van der Waals surface area (Å²) < 4.78 is 77.2. The van der Waals surface area contributed by atoms with E-state index in [4.69, 9.17) is 0 Å². The molecule has 4 unspecified atom stereocenters. The molecular weight excluding hydrogens is 630 g/mol. The number of benzene rings is 2. The molecule has 0 aromatic heterocycles. The van der Waals surface area contributed by atoms with Gasteiger partial charge in [0.05, 0.1) is 0 Å². The number of thioether (sulfide) groups is 2. The minimum Gasteiger partial charge on any atom is -0.295 e. The highest BCUT2D eigenvalue weighted by Gasteiger charge is 2.75. The number of alkyl halides is 8. The van der Waals surface area contributed by atoms with Gasteiger partial charge >= 0.3 is 12.4 Å². The van der Waals surface area contributed by atoms with Crippen molar-refractivity contribution in [3.8, 4) is 0 Å². The molecule has 0 spiro atoms. The van der Waals surface area contributed by atoms with Crippen LogP contribution in [0.4, 0.5) is 26.3 Å². The van der Waals surface area contributed by atoms with Crippen LogP contribution in [0.1, 0.15) is 11.1 Å². The van der Waals surface area contributed by atoms with Gasteiger partial charge in [-0.15, -0.1) is 23.5 Å². The first-order valence-corrected chi connectivity index (χ1v) is 12.9. The number of carbonyl (C=O) groups is 1. The zero-order valence-electron chi connectivity index (χ0n) is 16.8. The van der Waals surface area contributed by atoms with Gasteiger partial charge in [-0.25, -0.2) is 0 Å². The van der Waals surface area contributed by atoms with Gasteiger partial charge in [-0.1, -0.05) is 117 Å². The van der Waals surface area contributed by atoms with E-state index in [1.807, 2.05) is 0 Å². The van der Waals surface area contributed by atoms with Crippen molar-refractivity contribution < 1.29 is 31.1 Å². The molecular formula is C23H14Br2F6OS2. The Morgan fingerprint density at radius 1 is 0.618 bits per heavy atom. The zero-order chi connectivity index (χ0) is 25.0. The van der Waals surface area contributed by atoms with E-state index < -0.39 is 34.9 Å². The number of rotatable bonds is 4. The fourth-order valence-electron chi connectivity index (χ4n) is 3.78. The van der Waals surface area contributed by atoms with Crippen LogP contribution in [0.2, 0.25) is 0 Å². The Hall–Kier alpha value is -1.17. The maximum absolute atomic E-state index is 14.5. The van der Waals surface area contributed by atoms with Crippen LogP contribution >= 0.6 is 55.4 Å². The molecule has 2 aliphatic rings. The van der Waals surface area contributed by atoms with Crippen LogP contribution in [-0.4, -0.2) is 27.6 Å². The maximum Gasteiger partial charge on any atom is 0.413 e. The van der Waals surface area contributed by atoms with Crippen LogP contribution in [-0.2, 0) is 12.1 Å². The van der Waals surface area contributed by atoms with Gasteiger partial charge in [-0.05, 0) is 11.1 Å². The number of hydrogen-bond donors (Lipinski definition) is 0.